The molecular formula is C17H15FN2OS. The van der Waals surface area contributed by atoms with E-state index < -0.39 is 0 Å². The van der Waals surface area contributed by atoms with Crippen molar-refractivity contribution < 1.29 is 9.13 Å². The number of nitrogens with zero attached hydrogens (tertiary/aromatic N) is 1. The fraction of sp³-hybridized carbons (Fsp3) is 0.118. The predicted molar refractivity (Wildman–Crippen MR) is 87.9 cm³/mol. The van der Waals surface area contributed by atoms with Crippen molar-refractivity contribution in [2.75, 3.05) is 5.73 Å². The van der Waals surface area contributed by atoms with Crippen LogP contribution in [-0.4, -0.2) is 4.98 Å². The molecule has 1 aromatic heterocycles. The maximum absolute atomic E-state index is 13.0. The number of rotatable bonds is 3. The van der Waals surface area contributed by atoms with Crippen molar-refractivity contribution in [2.45, 2.75) is 13.8 Å². The van der Waals surface area contributed by atoms with Crippen molar-refractivity contribution in [3.8, 4) is 22.8 Å². The van der Waals surface area contributed by atoms with Gasteiger partial charge in [-0.25, -0.2) is 9.37 Å². The van der Waals surface area contributed by atoms with Crippen LogP contribution < -0.4 is 10.5 Å². The third kappa shape index (κ3) is 2.94. The van der Waals surface area contributed by atoms with Gasteiger partial charge in [0, 0.05) is 10.9 Å². The Labute approximate surface area is 132 Å². The molecule has 0 amide bonds. The molecule has 3 aromatic rings. The van der Waals surface area contributed by atoms with Crippen molar-refractivity contribution in [3.05, 3.63) is 58.7 Å². The van der Waals surface area contributed by atoms with E-state index in [-0.39, 0.29) is 5.82 Å². The van der Waals surface area contributed by atoms with Gasteiger partial charge in [-0.3, -0.25) is 0 Å². The molecule has 0 saturated heterocycles. The van der Waals surface area contributed by atoms with Gasteiger partial charge in [0.1, 0.15) is 17.3 Å². The highest BCUT2D eigenvalue weighted by Gasteiger charge is 2.11. The normalized spacial score (nSPS) is 10.7. The quantitative estimate of drug-likeness (QED) is 0.745. The smallest absolute Gasteiger partial charge is 0.180 e. The van der Waals surface area contributed by atoms with Gasteiger partial charge in [-0.2, -0.15) is 0 Å². The van der Waals surface area contributed by atoms with E-state index >= 15 is 0 Å². The molecule has 0 bridgehead atoms. The first-order chi connectivity index (χ1) is 10.5. The molecule has 112 valence electrons. The van der Waals surface area contributed by atoms with Crippen LogP contribution in [-0.2, 0) is 0 Å². The lowest BCUT2D eigenvalue weighted by Crippen LogP contribution is -1.93. The van der Waals surface area contributed by atoms with Gasteiger partial charge in [0.05, 0.1) is 5.69 Å². The van der Waals surface area contributed by atoms with E-state index in [1.807, 2.05) is 31.4 Å². The van der Waals surface area contributed by atoms with Crippen LogP contribution in [0.2, 0.25) is 0 Å². The summed E-state index contributed by atoms with van der Waals surface area (Å²) in [5, 5.41) is 2.49. The molecule has 0 atom stereocenters. The molecule has 2 N–H and O–H groups in total. The molecule has 0 unspecified atom stereocenters. The first-order valence-electron chi connectivity index (χ1n) is 6.79. The molecule has 0 aliphatic heterocycles. The zero-order chi connectivity index (χ0) is 15.7. The molecule has 0 aliphatic rings. The van der Waals surface area contributed by atoms with Crippen LogP contribution >= 0.6 is 11.3 Å². The zero-order valence-electron chi connectivity index (χ0n) is 12.3. The van der Waals surface area contributed by atoms with E-state index in [1.54, 1.807) is 12.1 Å². The molecule has 1 heterocycles. The van der Waals surface area contributed by atoms with E-state index in [9.17, 15) is 4.39 Å². The molecule has 0 aliphatic carbocycles. The third-order valence-electron chi connectivity index (χ3n) is 3.31. The van der Waals surface area contributed by atoms with Gasteiger partial charge < -0.3 is 10.5 Å². The number of nitrogens with two attached hydrogens (primary N) is 1. The maximum Gasteiger partial charge on any atom is 0.180 e. The van der Waals surface area contributed by atoms with Crippen LogP contribution in [0.3, 0.4) is 0 Å². The van der Waals surface area contributed by atoms with Gasteiger partial charge in [-0.15, -0.1) is 11.3 Å². The molecule has 5 heteroatoms. The van der Waals surface area contributed by atoms with Gasteiger partial charge in [0.2, 0.25) is 0 Å². The fourth-order valence-electron chi connectivity index (χ4n) is 2.30. The van der Waals surface area contributed by atoms with Gasteiger partial charge in [0.25, 0.3) is 0 Å². The summed E-state index contributed by atoms with van der Waals surface area (Å²) < 4.78 is 18.8. The highest BCUT2D eigenvalue weighted by Crippen LogP contribution is 2.33. The number of aryl methyl sites for hydroxylation is 2. The van der Waals surface area contributed by atoms with Crippen LogP contribution in [0.5, 0.6) is 11.5 Å². The summed E-state index contributed by atoms with van der Waals surface area (Å²) in [5.74, 6) is 1.11. The zero-order valence-corrected chi connectivity index (χ0v) is 13.1. The van der Waals surface area contributed by atoms with Crippen LogP contribution in [0.15, 0.2) is 41.8 Å². The van der Waals surface area contributed by atoms with Crippen molar-refractivity contribution in [2.24, 2.45) is 0 Å². The molecular weight excluding hydrogens is 299 g/mol. The lowest BCUT2D eigenvalue weighted by Gasteiger charge is -2.13. The number of ether oxygens (including phenoxy) is 1. The van der Waals surface area contributed by atoms with Crippen LogP contribution in [0.4, 0.5) is 9.52 Å². The number of thiazole rings is 1. The summed E-state index contributed by atoms with van der Waals surface area (Å²) in [5.41, 5.74) is 9.54. The monoisotopic (exact) mass is 314 g/mol. The molecule has 3 rings (SSSR count). The summed E-state index contributed by atoms with van der Waals surface area (Å²) in [6, 6.07) is 10.0. The number of benzene rings is 2. The Morgan fingerprint density at radius 3 is 2.27 bits per heavy atom. The van der Waals surface area contributed by atoms with Crippen molar-refractivity contribution in [1.82, 2.24) is 4.98 Å². The summed E-state index contributed by atoms with van der Waals surface area (Å²) >= 11 is 1.42. The fourth-order valence-corrected chi connectivity index (χ4v) is 2.87. The minimum Gasteiger partial charge on any atom is -0.457 e. The number of aromatic nitrogens is 1. The largest absolute Gasteiger partial charge is 0.457 e. The Kier molecular flexibility index (Phi) is 3.81. The number of halogens is 1. The Hall–Kier alpha value is -2.40. The van der Waals surface area contributed by atoms with Crippen molar-refractivity contribution in [3.63, 3.8) is 0 Å². The minimum absolute atomic E-state index is 0.280. The topological polar surface area (TPSA) is 48.1 Å². The Bertz CT molecular complexity index is 789. The van der Waals surface area contributed by atoms with Crippen LogP contribution in [0.25, 0.3) is 11.3 Å². The van der Waals surface area contributed by atoms with E-state index in [0.29, 0.717) is 10.9 Å². The van der Waals surface area contributed by atoms with Gasteiger partial charge in [-0.1, -0.05) is 0 Å². The maximum atomic E-state index is 13.0. The summed E-state index contributed by atoms with van der Waals surface area (Å²) in [6.07, 6.45) is 0. The number of hydrogen-bond donors (Lipinski definition) is 1. The molecule has 0 radical (unpaired) electrons. The van der Waals surface area contributed by atoms with E-state index in [4.69, 9.17) is 10.5 Å². The Morgan fingerprint density at radius 2 is 1.73 bits per heavy atom. The Morgan fingerprint density at radius 1 is 1.09 bits per heavy atom. The third-order valence-corrected chi connectivity index (χ3v) is 3.99. The summed E-state index contributed by atoms with van der Waals surface area (Å²) in [7, 11) is 0. The van der Waals surface area contributed by atoms with Gasteiger partial charge in [0.15, 0.2) is 5.13 Å². The first-order valence-corrected chi connectivity index (χ1v) is 7.67. The summed E-state index contributed by atoms with van der Waals surface area (Å²) in [4.78, 5) is 4.30. The van der Waals surface area contributed by atoms with Crippen LogP contribution in [0, 0.1) is 19.7 Å². The highest BCUT2D eigenvalue weighted by molar-refractivity contribution is 7.13. The number of anilines is 1. The second kappa shape index (κ2) is 5.77. The van der Waals surface area contributed by atoms with Crippen molar-refractivity contribution >= 4 is 16.5 Å². The van der Waals surface area contributed by atoms with Crippen molar-refractivity contribution in [1.29, 1.82) is 0 Å². The molecule has 3 nitrogen and oxygen atoms in total. The molecule has 22 heavy (non-hydrogen) atoms. The molecule has 0 spiro atoms. The second-order valence-corrected chi connectivity index (χ2v) is 5.96. The molecule has 2 aromatic carbocycles. The van der Waals surface area contributed by atoms with Crippen LogP contribution in [0.1, 0.15) is 11.1 Å². The highest BCUT2D eigenvalue weighted by atomic mass is 32.1. The first kappa shape index (κ1) is 14.5. The van der Waals surface area contributed by atoms with Gasteiger partial charge >= 0.3 is 0 Å². The Balaban J connectivity index is 1.94. The average Bonchev–Trinajstić information content (AvgIpc) is 2.91. The molecule has 0 fully saturated rings. The SMILES string of the molecule is Cc1cc(-c2csc(N)n2)cc(C)c1Oc1ccc(F)cc1. The average molecular weight is 314 g/mol. The number of hydrogen-bond acceptors (Lipinski definition) is 4. The van der Waals surface area contributed by atoms with E-state index in [1.165, 1.54) is 23.5 Å². The number of nitrogen functional groups attached to an aromatic ring is 1. The lowest BCUT2D eigenvalue weighted by molar-refractivity contribution is 0.473. The lowest BCUT2D eigenvalue weighted by atomic mass is 10.0. The van der Waals surface area contributed by atoms with E-state index in [2.05, 4.69) is 4.98 Å². The summed E-state index contributed by atoms with van der Waals surface area (Å²) in [6.45, 7) is 3.95. The minimum atomic E-state index is -0.280. The standard InChI is InChI=1S/C17H15FN2OS/c1-10-7-12(15-9-22-17(19)20-15)8-11(2)16(10)21-14-5-3-13(18)4-6-14/h3-9H,1-2H3,(H2,19,20). The molecule has 0 saturated carbocycles. The van der Waals surface area contributed by atoms with Gasteiger partial charge in [-0.05, 0) is 61.4 Å². The second-order valence-electron chi connectivity index (χ2n) is 5.07. The van der Waals surface area contributed by atoms with E-state index in [0.717, 1.165) is 28.1 Å². The predicted octanol–water partition coefficient (Wildman–Crippen LogP) is 4.94.